The number of nitrogens with one attached hydrogen (secondary N) is 1. The quantitative estimate of drug-likeness (QED) is 0.594. The van der Waals surface area contributed by atoms with E-state index in [1.165, 1.54) is 0 Å². The van der Waals surface area contributed by atoms with E-state index in [1.807, 2.05) is 30.5 Å². The molecule has 0 aliphatic rings. The second-order valence-electron chi connectivity index (χ2n) is 4.81. The van der Waals surface area contributed by atoms with E-state index >= 15 is 0 Å². The fourth-order valence-electron chi connectivity index (χ4n) is 2.05. The molecule has 0 atom stereocenters. The van der Waals surface area contributed by atoms with Gasteiger partial charge in [0, 0.05) is 31.0 Å². The Morgan fingerprint density at radius 3 is 2.65 bits per heavy atom. The van der Waals surface area contributed by atoms with Crippen LogP contribution in [0.4, 0.5) is 0 Å². The van der Waals surface area contributed by atoms with Gasteiger partial charge >= 0.3 is 0 Å². The smallest absolute Gasteiger partial charge is 0.137 e. The van der Waals surface area contributed by atoms with Crippen LogP contribution in [0.25, 0.3) is 10.4 Å². The van der Waals surface area contributed by atoms with Crippen LogP contribution in [-0.2, 0) is 13.1 Å². The van der Waals surface area contributed by atoms with E-state index in [0.29, 0.717) is 28.3 Å². The summed E-state index contributed by atoms with van der Waals surface area (Å²) in [5.41, 5.74) is 1.98. The third-order valence-electron chi connectivity index (χ3n) is 3.17. The second kappa shape index (κ2) is 7.60. The maximum absolute atomic E-state index is 6.11. The van der Waals surface area contributed by atoms with Crippen molar-refractivity contribution in [2.75, 3.05) is 0 Å². The molecule has 0 fully saturated rings. The zero-order valence-electron chi connectivity index (χ0n) is 11.9. The van der Waals surface area contributed by atoms with Gasteiger partial charge in [0.1, 0.15) is 10.2 Å². The van der Waals surface area contributed by atoms with Crippen molar-refractivity contribution in [3.8, 4) is 10.4 Å². The molecule has 118 valence electrons. The summed E-state index contributed by atoms with van der Waals surface area (Å²) in [5, 5.41) is 5.95. The number of hydrogen-bond acceptors (Lipinski definition) is 4. The molecule has 0 radical (unpaired) electrons. The number of benzene rings is 1. The van der Waals surface area contributed by atoms with Crippen LogP contribution in [0.5, 0.6) is 0 Å². The molecule has 0 spiro atoms. The first-order valence-corrected chi connectivity index (χ1v) is 8.79. The van der Waals surface area contributed by atoms with Gasteiger partial charge in [0.2, 0.25) is 0 Å². The lowest BCUT2D eigenvalue weighted by Crippen LogP contribution is -2.12. The number of nitrogens with zero attached hydrogens (tertiary/aromatic N) is 2. The van der Waals surface area contributed by atoms with E-state index in [-0.39, 0.29) is 0 Å². The second-order valence-corrected chi connectivity index (χ2v) is 7.10. The molecule has 3 nitrogen and oxygen atoms in total. The Kier molecular flexibility index (Phi) is 5.51. The minimum atomic E-state index is 0.492. The third-order valence-corrected chi connectivity index (χ3v) is 5.24. The minimum absolute atomic E-state index is 0.492. The summed E-state index contributed by atoms with van der Waals surface area (Å²) in [6.45, 7) is 1.36. The Hall–Kier alpha value is -1.17. The zero-order chi connectivity index (χ0) is 16.2. The lowest BCUT2D eigenvalue weighted by atomic mass is 10.2. The summed E-state index contributed by atoms with van der Waals surface area (Å²) < 4.78 is 0. The Bertz CT molecular complexity index is 820. The number of thiazole rings is 1. The highest BCUT2D eigenvalue weighted by molar-refractivity contribution is 7.15. The number of aromatic nitrogens is 2. The van der Waals surface area contributed by atoms with Gasteiger partial charge in [0.05, 0.1) is 14.9 Å². The van der Waals surface area contributed by atoms with Crippen molar-refractivity contribution in [2.24, 2.45) is 0 Å². The van der Waals surface area contributed by atoms with Crippen LogP contribution >= 0.6 is 46.1 Å². The van der Waals surface area contributed by atoms with Crippen molar-refractivity contribution >= 4 is 46.1 Å². The highest BCUT2D eigenvalue weighted by atomic mass is 35.5. The van der Waals surface area contributed by atoms with Crippen molar-refractivity contribution in [1.82, 2.24) is 15.3 Å². The fourth-order valence-corrected chi connectivity index (χ4v) is 3.56. The summed E-state index contributed by atoms with van der Waals surface area (Å²) in [6.07, 6.45) is 3.50. The highest BCUT2D eigenvalue weighted by Crippen LogP contribution is 2.30. The Labute approximate surface area is 153 Å². The molecule has 1 aromatic carbocycles. The van der Waals surface area contributed by atoms with Crippen LogP contribution in [0.1, 0.15) is 10.6 Å². The normalized spacial score (nSPS) is 10.9. The Morgan fingerprint density at radius 2 is 1.87 bits per heavy atom. The first kappa shape index (κ1) is 16.7. The van der Waals surface area contributed by atoms with Crippen LogP contribution in [0, 0.1) is 0 Å². The van der Waals surface area contributed by atoms with Gasteiger partial charge in [-0.15, -0.1) is 11.3 Å². The molecule has 23 heavy (non-hydrogen) atoms. The highest BCUT2D eigenvalue weighted by Gasteiger charge is 2.08. The fraction of sp³-hybridized carbons (Fsp3) is 0.125. The maximum Gasteiger partial charge on any atom is 0.137 e. The van der Waals surface area contributed by atoms with Gasteiger partial charge in [-0.1, -0.05) is 40.9 Å². The van der Waals surface area contributed by atoms with Crippen molar-refractivity contribution in [3.05, 3.63) is 68.5 Å². The largest absolute Gasteiger partial charge is 0.306 e. The molecule has 3 aromatic rings. The van der Waals surface area contributed by atoms with Crippen molar-refractivity contribution in [2.45, 2.75) is 13.1 Å². The predicted octanol–water partition coefficient (Wildman–Crippen LogP) is 5.46. The molecule has 2 aromatic heterocycles. The standard InChI is InChI=1S/C16H12Cl3N3S/c17-12-4-3-10(6-13(12)18)7-20-9-15-22-8-14(23-15)11-2-1-5-21-16(11)19/h1-6,8,20H,7,9H2. The molecule has 0 aliphatic carbocycles. The molecule has 0 saturated carbocycles. The predicted molar refractivity (Wildman–Crippen MR) is 97.4 cm³/mol. The monoisotopic (exact) mass is 383 g/mol. The molecule has 0 aliphatic heterocycles. The summed E-state index contributed by atoms with van der Waals surface area (Å²) >= 11 is 19.6. The molecule has 2 heterocycles. The molecule has 0 saturated heterocycles. The van der Waals surface area contributed by atoms with Crippen molar-refractivity contribution in [3.63, 3.8) is 0 Å². The lowest BCUT2D eigenvalue weighted by Gasteiger charge is -2.04. The van der Waals surface area contributed by atoms with E-state index < -0.39 is 0 Å². The van der Waals surface area contributed by atoms with E-state index in [2.05, 4.69) is 15.3 Å². The van der Waals surface area contributed by atoms with Gasteiger partial charge < -0.3 is 5.32 Å². The molecule has 3 rings (SSSR count). The molecule has 0 amide bonds. The minimum Gasteiger partial charge on any atom is -0.306 e. The molecule has 1 N–H and O–H groups in total. The summed E-state index contributed by atoms with van der Waals surface area (Å²) in [6, 6.07) is 9.41. The van der Waals surface area contributed by atoms with Gasteiger partial charge in [0.15, 0.2) is 0 Å². The van der Waals surface area contributed by atoms with Crippen molar-refractivity contribution in [1.29, 1.82) is 0 Å². The number of pyridine rings is 1. The average Bonchev–Trinajstić information content (AvgIpc) is 3.00. The van der Waals surface area contributed by atoms with Gasteiger partial charge in [-0.2, -0.15) is 0 Å². The van der Waals surface area contributed by atoms with Crippen LogP contribution in [0.3, 0.4) is 0 Å². The van der Waals surface area contributed by atoms with E-state index in [1.54, 1.807) is 23.6 Å². The third kappa shape index (κ3) is 4.22. The lowest BCUT2D eigenvalue weighted by molar-refractivity contribution is 0.690. The first-order valence-electron chi connectivity index (χ1n) is 6.84. The SMILES string of the molecule is Clc1ccc(CNCc2ncc(-c3cccnc3Cl)s2)cc1Cl. The van der Waals surface area contributed by atoms with Crippen molar-refractivity contribution < 1.29 is 0 Å². The van der Waals surface area contributed by atoms with E-state index in [9.17, 15) is 0 Å². The van der Waals surface area contributed by atoms with E-state index in [4.69, 9.17) is 34.8 Å². The number of halogens is 3. The molecular formula is C16H12Cl3N3S. The van der Waals surface area contributed by atoms with Crippen LogP contribution in [0.15, 0.2) is 42.7 Å². The van der Waals surface area contributed by atoms with Gasteiger partial charge in [-0.3, -0.25) is 0 Å². The molecule has 0 bridgehead atoms. The Morgan fingerprint density at radius 1 is 1.00 bits per heavy atom. The van der Waals surface area contributed by atoms with Crippen LogP contribution in [0.2, 0.25) is 15.2 Å². The van der Waals surface area contributed by atoms with Gasteiger partial charge in [-0.25, -0.2) is 9.97 Å². The van der Waals surface area contributed by atoms with E-state index in [0.717, 1.165) is 21.0 Å². The Balaban J connectivity index is 1.61. The van der Waals surface area contributed by atoms with Crippen LogP contribution in [-0.4, -0.2) is 9.97 Å². The summed E-state index contributed by atoms with van der Waals surface area (Å²) in [5.74, 6) is 0. The number of rotatable bonds is 5. The zero-order valence-corrected chi connectivity index (χ0v) is 15.0. The van der Waals surface area contributed by atoms with Crippen LogP contribution < -0.4 is 5.32 Å². The first-order chi connectivity index (χ1) is 11.1. The molecular weight excluding hydrogens is 373 g/mol. The average molecular weight is 385 g/mol. The number of hydrogen-bond donors (Lipinski definition) is 1. The summed E-state index contributed by atoms with van der Waals surface area (Å²) in [7, 11) is 0. The van der Waals surface area contributed by atoms with Gasteiger partial charge in [-0.05, 0) is 29.8 Å². The molecule has 0 unspecified atom stereocenters. The topological polar surface area (TPSA) is 37.8 Å². The summed E-state index contributed by atoms with van der Waals surface area (Å²) in [4.78, 5) is 9.52. The molecule has 7 heteroatoms. The maximum atomic E-state index is 6.11. The van der Waals surface area contributed by atoms with Gasteiger partial charge in [0.25, 0.3) is 0 Å².